The molecule has 0 spiro atoms. The Labute approximate surface area is 103 Å². The normalized spacial score (nSPS) is 18.0. The molecular formula is C8H3F4N3O3S. The quantitative estimate of drug-likeness (QED) is 0.214. The number of hydrogen-bond donors (Lipinski definition) is 0. The van der Waals surface area contributed by atoms with Gasteiger partial charge in [0.2, 0.25) is 0 Å². The first-order valence-electron chi connectivity index (χ1n) is 4.60. The third kappa shape index (κ3) is 2.11. The maximum atomic E-state index is 13.5. The Morgan fingerprint density at radius 3 is 2.00 bits per heavy atom. The summed E-state index contributed by atoms with van der Waals surface area (Å²) in [6, 6.07) is 0. The van der Waals surface area contributed by atoms with Crippen molar-refractivity contribution in [3.05, 3.63) is 39.3 Å². The van der Waals surface area contributed by atoms with Crippen molar-refractivity contribution in [2.45, 2.75) is 11.0 Å². The zero-order valence-electron chi connectivity index (χ0n) is 8.77. The third-order valence-electron chi connectivity index (χ3n) is 2.31. The fraction of sp³-hybridized carbons (Fsp3) is 0.250. The minimum Gasteiger partial charge on any atom is -0.368 e. The van der Waals surface area contributed by atoms with Gasteiger partial charge in [-0.05, 0) is 5.53 Å². The largest absolute Gasteiger partial charge is 0.368 e. The highest BCUT2D eigenvalue weighted by Gasteiger charge is 2.39. The van der Waals surface area contributed by atoms with Gasteiger partial charge < -0.3 is 4.74 Å². The van der Waals surface area contributed by atoms with Gasteiger partial charge in [-0.25, -0.2) is 26.0 Å². The van der Waals surface area contributed by atoms with Crippen LogP contribution in [0.25, 0.3) is 10.4 Å². The zero-order valence-corrected chi connectivity index (χ0v) is 9.59. The Balaban J connectivity index is 2.81. The smallest absolute Gasteiger partial charge is 0.270 e. The molecule has 1 aromatic carbocycles. The van der Waals surface area contributed by atoms with E-state index in [0.717, 1.165) is 0 Å². The molecule has 2 rings (SSSR count). The van der Waals surface area contributed by atoms with E-state index < -0.39 is 49.9 Å². The molecule has 19 heavy (non-hydrogen) atoms. The Bertz CT molecular complexity index is 681. The van der Waals surface area contributed by atoms with E-state index in [1.54, 1.807) is 0 Å². The number of hydrogen-bond acceptors (Lipinski definition) is 3. The van der Waals surface area contributed by atoms with E-state index in [9.17, 15) is 26.0 Å². The predicted molar refractivity (Wildman–Crippen MR) is 51.3 cm³/mol. The SMILES string of the molecule is [N-]=[N+]=NS(=O)(=O)c1c(F)c(F)c(C2CO2)c(F)c1F. The molecule has 1 aliphatic heterocycles. The second kappa shape index (κ2) is 4.37. The molecule has 1 aliphatic rings. The first kappa shape index (κ1) is 13.6. The average Bonchev–Trinajstić information content (AvgIpc) is 3.11. The van der Waals surface area contributed by atoms with Crippen LogP contribution < -0.4 is 0 Å². The van der Waals surface area contributed by atoms with Gasteiger partial charge in [0.1, 0.15) is 6.10 Å². The summed E-state index contributed by atoms with van der Waals surface area (Å²) < 4.78 is 83.1. The second-order valence-corrected chi connectivity index (χ2v) is 4.99. The van der Waals surface area contributed by atoms with Crippen molar-refractivity contribution in [2.24, 2.45) is 4.52 Å². The monoisotopic (exact) mass is 297 g/mol. The number of nitrogens with zero attached hydrogens (tertiary/aromatic N) is 3. The van der Waals surface area contributed by atoms with E-state index in [1.165, 1.54) is 0 Å². The lowest BCUT2D eigenvalue weighted by atomic mass is 10.1. The summed E-state index contributed by atoms with van der Waals surface area (Å²) in [5, 5.41) is 0. The minimum absolute atomic E-state index is 0.144. The van der Waals surface area contributed by atoms with E-state index in [1.807, 2.05) is 4.91 Å². The van der Waals surface area contributed by atoms with Crippen LogP contribution >= 0.6 is 0 Å². The van der Waals surface area contributed by atoms with Gasteiger partial charge in [0.05, 0.1) is 12.2 Å². The van der Waals surface area contributed by atoms with Crippen molar-refractivity contribution in [1.29, 1.82) is 0 Å². The van der Waals surface area contributed by atoms with Crippen LogP contribution in [0.1, 0.15) is 11.7 Å². The lowest BCUT2D eigenvalue weighted by Crippen LogP contribution is -2.11. The van der Waals surface area contributed by atoms with Gasteiger partial charge in [0.15, 0.2) is 28.2 Å². The molecule has 0 bridgehead atoms. The van der Waals surface area contributed by atoms with E-state index in [-0.39, 0.29) is 6.61 Å². The molecule has 0 aromatic heterocycles. The summed E-state index contributed by atoms with van der Waals surface area (Å²) in [5.74, 6) is -8.10. The third-order valence-corrected chi connectivity index (χ3v) is 3.48. The van der Waals surface area contributed by atoms with Crippen LogP contribution in [0.4, 0.5) is 17.6 Å². The van der Waals surface area contributed by atoms with Crippen LogP contribution in [0.15, 0.2) is 9.42 Å². The van der Waals surface area contributed by atoms with Crippen molar-refractivity contribution in [3.63, 3.8) is 0 Å². The van der Waals surface area contributed by atoms with Crippen molar-refractivity contribution >= 4 is 10.0 Å². The van der Waals surface area contributed by atoms with Gasteiger partial charge in [-0.1, -0.05) is 0 Å². The fourth-order valence-corrected chi connectivity index (χ4v) is 2.25. The van der Waals surface area contributed by atoms with Gasteiger partial charge >= 0.3 is 0 Å². The summed E-state index contributed by atoms with van der Waals surface area (Å²) in [6.07, 6.45) is -1.17. The van der Waals surface area contributed by atoms with Gasteiger partial charge in [-0.15, -0.1) is 0 Å². The predicted octanol–water partition coefficient (Wildman–Crippen LogP) is 2.31. The van der Waals surface area contributed by atoms with E-state index >= 15 is 0 Å². The molecule has 0 N–H and O–H groups in total. The molecule has 1 saturated heterocycles. The Hall–Kier alpha value is -1.84. The van der Waals surface area contributed by atoms with E-state index in [2.05, 4.69) is 9.26 Å². The highest BCUT2D eigenvalue weighted by molar-refractivity contribution is 7.90. The molecule has 6 nitrogen and oxygen atoms in total. The molecule has 0 radical (unpaired) electrons. The van der Waals surface area contributed by atoms with Crippen LogP contribution in [-0.4, -0.2) is 15.0 Å². The van der Waals surface area contributed by atoms with Crippen molar-refractivity contribution in [1.82, 2.24) is 0 Å². The van der Waals surface area contributed by atoms with Gasteiger partial charge in [0.25, 0.3) is 10.0 Å². The van der Waals surface area contributed by atoms with E-state index in [0.29, 0.717) is 0 Å². The Morgan fingerprint density at radius 2 is 1.63 bits per heavy atom. The number of rotatable bonds is 3. The van der Waals surface area contributed by atoms with Gasteiger partial charge in [0, 0.05) is 9.43 Å². The number of benzene rings is 1. The average molecular weight is 297 g/mol. The summed E-state index contributed by atoms with van der Waals surface area (Å²) in [7, 11) is -5.20. The lowest BCUT2D eigenvalue weighted by molar-refractivity contribution is 0.366. The lowest BCUT2D eigenvalue weighted by Gasteiger charge is -2.08. The molecule has 1 atom stereocenters. The highest BCUT2D eigenvalue weighted by Crippen LogP contribution is 2.38. The van der Waals surface area contributed by atoms with Crippen molar-refractivity contribution in [3.8, 4) is 0 Å². The summed E-state index contributed by atoms with van der Waals surface area (Å²) in [4.78, 5) is -0.139. The maximum Gasteiger partial charge on any atom is 0.270 e. The van der Waals surface area contributed by atoms with Crippen LogP contribution in [0.3, 0.4) is 0 Å². The topological polar surface area (TPSA) is 95.4 Å². The highest BCUT2D eigenvalue weighted by atomic mass is 32.2. The number of ether oxygens (including phenoxy) is 1. The number of epoxide rings is 1. The Morgan fingerprint density at radius 1 is 1.16 bits per heavy atom. The molecule has 1 fully saturated rings. The maximum absolute atomic E-state index is 13.5. The molecular weight excluding hydrogens is 294 g/mol. The summed E-state index contributed by atoms with van der Waals surface area (Å²) in [6.45, 7) is -0.144. The molecule has 1 heterocycles. The summed E-state index contributed by atoms with van der Waals surface area (Å²) >= 11 is 0. The molecule has 102 valence electrons. The molecule has 11 heteroatoms. The van der Waals surface area contributed by atoms with Crippen LogP contribution in [0, 0.1) is 23.3 Å². The van der Waals surface area contributed by atoms with E-state index in [4.69, 9.17) is 5.53 Å². The number of halogens is 4. The first-order valence-corrected chi connectivity index (χ1v) is 6.04. The number of sulfonamides is 1. The fourth-order valence-electron chi connectivity index (χ4n) is 1.44. The van der Waals surface area contributed by atoms with Crippen LogP contribution in [0.2, 0.25) is 0 Å². The Kier molecular flexibility index (Phi) is 3.12. The van der Waals surface area contributed by atoms with Crippen LogP contribution in [0.5, 0.6) is 0 Å². The molecule has 0 aliphatic carbocycles. The van der Waals surface area contributed by atoms with Crippen LogP contribution in [-0.2, 0) is 14.8 Å². The minimum atomic E-state index is -5.20. The standard InChI is InChI=1S/C8H3F4N3O3S/c9-4-3(2-1-18-2)5(10)7(12)8(6(4)11)19(16,17)15-14-13/h2H,1H2. The molecule has 1 unspecified atom stereocenters. The molecule has 1 aromatic rings. The summed E-state index contributed by atoms with van der Waals surface area (Å²) in [5.41, 5.74) is 6.93. The second-order valence-electron chi connectivity index (χ2n) is 3.47. The van der Waals surface area contributed by atoms with Gasteiger partial charge in [-0.2, -0.15) is 0 Å². The molecule has 0 amide bonds. The van der Waals surface area contributed by atoms with Crippen molar-refractivity contribution < 1.29 is 30.7 Å². The number of azide groups is 1. The molecule has 0 saturated carbocycles. The van der Waals surface area contributed by atoms with Crippen molar-refractivity contribution in [2.75, 3.05) is 6.61 Å². The first-order chi connectivity index (χ1) is 8.81. The zero-order chi connectivity index (χ0) is 14.4. The van der Waals surface area contributed by atoms with Gasteiger partial charge in [-0.3, -0.25) is 0 Å².